The lowest BCUT2D eigenvalue weighted by Crippen LogP contribution is -2.33. The summed E-state index contributed by atoms with van der Waals surface area (Å²) < 4.78 is 6.25. The Hall–Kier alpha value is -0.580. The second-order valence-electron chi connectivity index (χ2n) is 5.78. The Bertz CT molecular complexity index is 435. The van der Waals surface area contributed by atoms with Gasteiger partial charge < -0.3 is 15.0 Å². The van der Waals surface area contributed by atoms with Crippen molar-refractivity contribution in [3.05, 3.63) is 28.2 Å². The van der Waals surface area contributed by atoms with E-state index in [1.807, 2.05) is 0 Å². The van der Waals surface area contributed by atoms with Gasteiger partial charge in [-0.3, -0.25) is 0 Å². The molecule has 0 radical (unpaired) electrons. The monoisotopic (exact) mass is 354 g/mol. The highest BCUT2D eigenvalue weighted by Crippen LogP contribution is 2.31. The molecule has 3 nitrogen and oxygen atoms in total. The third kappa shape index (κ3) is 4.97. The van der Waals surface area contributed by atoms with Crippen LogP contribution in [-0.4, -0.2) is 33.4 Å². The fourth-order valence-corrected chi connectivity index (χ4v) is 3.11. The fourth-order valence-electron chi connectivity index (χ4n) is 2.76. The van der Waals surface area contributed by atoms with E-state index in [2.05, 4.69) is 51.3 Å². The van der Waals surface area contributed by atoms with Gasteiger partial charge in [0.05, 0.1) is 6.61 Å². The molecule has 0 unspecified atom stereocenters. The number of nitrogens with zero attached hydrogens (tertiary/aromatic N) is 1. The molecular formula is C17H27BrN2O. The topological polar surface area (TPSA) is 24.5 Å². The van der Waals surface area contributed by atoms with Crippen LogP contribution in [0.3, 0.4) is 0 Å². The molecule has 0 saturated heterocycles. The number of hydrogen-bond donors (Lipinski definition) is 1. The second-order valence-corrected chi connectivity index (χ2v) is 6.69. The molecule has 1 aromatic rings. The van der Waals surface area contributed by atoms with Crippen LogP contribution in [0.4, 0.5) is 5.69 Å². The van der Waals surface area contributed by atoms with Crippen molar-refractivity contribution in [2.75, 3.05) is 38.3 Å². The van der Waals surface area contributed by atoms with Gasteiger partial charge in [-0.25, -0.2) is 0 Å². The maximum Gasteiger partial charge on any atom is 0.0587 e. The zero-order chi connectivity index (χ0) is 15.1. The number of nitrogens with one attached hydrogen (secondary N) is 1. The number of ether oxygens (including phenoxy) is 1. The second kappa shape index (κ2) is 8.76. The minimum Gasteiger partial charge on any atom is -0.383 e. The van der Waals surface area contributed by atoms with Crippen LogP contribution in [0.1, 0.15) is 31.7 Å². The van der Waals surface area contributed by atoms with E-state index >= 15 is 0 Å². The van der Waals surface area contributed by atoms with Gasteiger partial charge in [0.25, 0.3) is 0 Å². The number of anilines is 1. The van der Waals surface area contributed by atoms with Gasteiger partial charge in [-0.15, -0.1) is 0 Å². The lowest BCUT2D eigenvalue weighted by atomic mass is 9.85. The Morgan fingerprint density at radius 3 is 2.81 bits per heavy atom. The summed E-state index contributed by atoms with van der Waals surface area (Å²) >= 11 is 3.62. The molecule has 118 valence electrons. The highest BCUT2D eigenvalue weighted by Gasteiger charge is 2.21. The molecule has 1 N–H and O–H groups in total. The molecule has 4 heteroatoms. The lowest BCUT2D eigenvalue weighted by Gasteiger charge is -2.34. The fraction of sp³-hybridized carbons (Fsp3) is 0.647. The minimum atomic E-state index is 0.755. The molecule has 0 aliphatic heterocycles. The molecule has 2 rings (SSSR count). The molecule has 1 saturated carbocycles. The Labute approximate surface area is 137 Å². The molecular weight excluding hydrogens is 328 g/mol. The third-order valence-corrected chi connectivity index (χ3v) is 4.76. The van der Waals surface area contributed by atoms with Gasteiger partial charge in [0, 0.05) is 43.4 Å². The molecule has 1 aromatic carbocycles. The van der Waals surface area contributed by atoms with Gasteiger partial charge in [0.15, 0.2) is 0 Å². The van der Waals surface area contributed by atoms with Crippen LogP contribution in [0, 0.1) is 5.92 Å². The largest absolute Gasteiger partial charge is 0.383 e. The van der Waals surface area contributed by atoms with Crippen LogP contribution in [0.2, 0.25) is 0 Å². The van der Waals surface area contributed by atoms with E-state index in [0.29, 0.717) is 0 Å². The zero-order valence-corrected chi connectivity index (χ0v) is 14.8. The van der Waals surface area contributed by atoms with Crippen LogP contribution in [0.25, 0.3) is 0 Å². The summed E-state index contributed by atoms with van der Waals surface area (Å²) in [6.45, 7) is 7.05. The van der Waals surface area contributed by atoms with Gasteiger partial charge in [-0.1, -0.05) is 28.4 Å². The first-order chi connectivity index (χ1) is 10.2. The van der Waals surface area contributed by atoms with Crippen molar-refractivity contribution in [2.24, 2.45) is 5.92 Å². The van der Waals surface area contributed by atoms with Gasteiger partial charge in [-0.05, 0) is 43.4 Å². The van der Waals surface area contributed by atoms with Crippen molar-refractivity contribution < 1.29 is 4.74 Å². The molecule has 0 aromatic heterocycles. The highest BCUT2D eigenvalue weighted by molar-refractivity contribution is 9.10. The minimum absolute atomic E-state index is 0.755. The van der Waals surface area contributed by atoms with E-state index in [-0.39, 0.29) is 0 Å². The average molecular weight is 355 g/mol. The van der Waals surface area contributed by atoms with Crippen LogP contribution >= 0.6 is 15.9 Å². The normalized spacial score (nSPS) is 15.0. The van der Waals surface area contributed by atoms with Crippen molar-refractivity contribution in [3.8, 4) is 0 Å². The van der Waals surface area contributed by atoms with Gasteiger partial charge in [0.1, 0.15) is 0 Å². The first kappa shape index (κ1) is 16.8. The van der Waals surface area contributed by atoms with Gasteiger partial charge >= 0.3 is 0 Å². The zero-order valence-electron chi connectivity index (χ0n) is 13.2. The molecule has 1 fully saturated rings. The van der Waals surface area contributed by atoms with Crippen LogP contribution in [0.5, 0.6) is 0 Å². The average Bonchev–Trinajstić information content (AvgIpc) is 2.44. The van der Waals surface area contributed by atoms with E-state index < -0.39 is 0 Å². The van der Waals surface area contributed by atoms with E-state index in [0.717, 1.165) is 36.6 Å². The van der Waals surface area contributed by atoms with Gasteiger partial charge in [0.2, 0.25) is 0 Å². The predicted molar refractivity (Wildman–Crippen MR) is 93.0 cm³/mol. The molecule has 21 heavy (non-hydrogen) atoms. The van der Waals surface area contributed by atoms with Crippen molar-refractivity contribution in [1.29, 1.82) is 0 Å². The van der Waals surface area contributed by atoms with Crippen molar-refractivity contribution >= 4 is 21.6 Å². The van der Waals surface area contributed by atoms with Crippen LogP contribution in [0.15, 0.2) is 22.7 Å². The predicted octanol–water partition coefficient (Wildman–Crippen LogP) is 3.81. The Morgan fingerprint density at radius 2 is 2.19 bits per heavy atom. The number of hydrogen-bond acceptors (Lipinski definition) is 3. The maximum atomic E-state index is 5.09. The number of rotatable bonds is 9. The molecule has 0 bridgehead atoms. The van der Waals surface area contributed by atoms with Crippen LogP contribution in [-0.2, 0) is 11.3 Å². The summed E-state index contributed by atoms with van der Waals surface area (Å²) in [6, 6.07) is 6.62. The smallest absolute Gasteiger partial charge is 0.0587 e. The van der Waals surface area contributed by atoms with E-state index in [1.165, 1.54) is 37.1 Å². The summed E-state index contributed by atoms with van der Waals surface area (Å²) in [5.74, 6) is 0.887. The van der Waals surface area contributed by atoms with Crippen molar-refractivity contribution in [2.45, 2.75) is 32.7 Å². The first-order valence-electron chi connectivity index (χ1n) is 7.97. The molecule has 0 heterocycles. The highest BCUT2D eigenvalue weighted by atomic mass is 79.9. The first-order valence-corrected chi connectivity index (χ1v) is 8.77. The quantitative estimate of drug-likeness (QED) is 0.682. The standard InChI is InChI=1S/C17H27BrN2O/c1-3-20(13-14-5-4-6-14)17-11-16(18)8-7-15(17)12-19-9-10-21-2/h7-8,11,14,19H,3-6,9-10,12-13H2,1-2H3. The molecule has 0 atom stereocenters. The van der Waals surface area contributed by atoms with Crippen LogP contribution < -0.4 is 10.2 Å². The number of methoxy groups -OCH3 is 1. The summed E-state index contributed by atoms with van der Waals surface area (Å²) in [6.07, 6.45) is 4.20. The van der Waals surface area contributed by atoms with E-state index in [4.69, 9.17) is 4.74 Å². The SMILES string of the molecule is CCN(CC1CCC1)c1cc(Br)ccc1CNCCOC. The van der Waals surface area contributed by atoms with E-state index in [1.54, 1.807) is 7.11 Å². The Balaban J connectivity index is 2.04. The molecule has 0 spiro atoms. The summed E-state index contributed by atoms with van der Waals surface area (Å²) in [5, 5.41) is 3.46. The van der Waals surface area contributed by atoms with Gasteiger partial charge in [-0.2, -0.15) is 0 Å². The summed E-state index contributed by atoms with van der Waals surface area (Å²) in [7, 11) is 1.74. The molecule has 0 amide bonds. The van der Waals surface area contributed by atoms with Crippen molar-refractivity contribution in [3.63, 3.8) is 0 Å². The lowest BCUT2D eigenvalue weighted by molar-refractivity contribution is 0.199. The number of halogens is 1. The van der Waals surface area contributed by atoms with E-state index in [9.17, 15) is 0 Å². The summed E-state index contributed by atoms with van der Waals surface area (Å²) in [5.41, 5.74) is 2.74. The third-order valence-electron chi connectivity index (χ3n) is 4.27. The summed E-state index contributed by atoms with van der Waals surface area (Å²) in [4.78, 5) is 2.53. The maximum absolute atomic E-state index is 5.09. The van der Waals surface area contributed by atoms with Crippen molar-refractivity contribution in [1.82, 2.24) is 5.32 Å². The Kier molecular flexibility index (Phi) is 7.00. The Morgan fingerprint density at radius 1 is 1.38 bits per heavy atom. The molecule has 1 aliphatic carbocycles. The molecule has 1 aliphatic rings. The number of benzene rings is 1.